The summed E-state index contributed by atoms with van der Waals surface area (Å²) in [5.41, 5.74) is 9.26. The quantitative estimate of drug-likeness (QED) is 0.788. The molecule has 0 aliphatic heterocycles. The molecular formula is C11H14BrN. The predicted molar refractivity (Wildman–Crippen MR) is 60.6 cm³/mol. The second kappa shape index (κ2) is 4.07. The highest BCUT2D eigenvalue weighted by molar-refractivity contribution is 9.10. The Hall–Kier alpha value is -0.600. The molecule has 0 radical (unpaired) electrons. The molecule has 0 amide bonds. The molecule has 1 unspecified atom stereocenters. The zero-order valence-corrected chi connectivity index (χ0v) is 9.56. The van der Waals surface area contributed by atoms with Gasteiger partial charge >= 0.3 is 0 Å². The number of nitrogens with two attached hydrogens (primary N) is 1. The fraction of sp³-hybridized carbons (Fsp3) is 0.273. The van der Waals surface area contributed by atoms with E-state index in [0.29, 0.717) is 0 Å². The summed E-state index contributed by atoms with van der Waals surface area (Å²) in [7, 11) is 0. The summed E-state index contributed by atoms with van der Waals surface area (Å²) in [5, 5.41) is 0. The first-order chi connectivity index (χ1) is 6.02. The van der Waals surface area contributed by atoms with Crippen LogP contribution in [0.5, 0.6) is 0 Å². The molecule has 70 valence electrons. The number of aryl methyl sites for hydroxylation is 1. The van der Waals surface area contributed by atoms with Crippen molar-refractivity contribution in [3.63, 3.8) is 0 Å². The maximum absolute atomic E-state index is 5.96. The normalized spacial score (nSPS) is 12.6. The Balaban J connectivity index is 3.08. The largest absolute Gasteiger partial charge is 0.321 e. The van der Waals surface area contributed by atoms with Crippen LogP contribution in [0.15, 0.2) is 34.8 Å². The number of halogens is 1. The average Bonchev–Trinajstić information content (AvgIpc) is 2.03. The molecule has 0 spiro atoms. The lowest BCUT2D eigenvalue weighted by Crippen LogP contribution is -2.11. The SMILES string of the molecule is C=C(C)C(N)c1ccc(C)cc1Br. The minimum Gasteiger partial charge on any atom is -0.321 e. The van der Waals surface area contributed by atoms with Crippen LogP contribution < -0.4 is 5.73 Å². The van der Waals surface area contributed by atoms with E-state index in [2.05, 4.69) is 41.6 Å². The van der Waals surface area contributed by atoms with Gasteiger partial charge in [-0.2, -0.15) is 0 Å². The number of rotatable bonds is 2. The lowest BCUT2D eigenvalue weighted by molar-refractivity contribution is 0.845. The minimum absolute atomic E-state index is 0.0741. The Morgan fingerprint density at radius 2 is 2.15 bits per heavy atom. The van der Waals surface area contributed by atoms with E-state index in [1.807, 2.05) is 13.0 Å². The van der Waals surface area contributed by atoms with Gasteiger partial charge in [0.2, 0.25) is 0 Å². The Kier molecular flexibility index (Phi) is 3.28. The third-order valence-electron chi connectivity index (χ3n) is 2.02. The van der Waals surface area contributed by atoms with Crippen LogP contribution in [0.4, 0.5) is 0 Å². The van der Waals surface area contributed by atoms with E-state index >= 15 is 0 Å². The monoisotopic (exact) mass is 239 g/mol. The molecule has 0 saturated heterocycles. The van der Waals surface area contributed by atoms with Crippen LogP contribution in [0.3, 0.4) is 0 Å². The molecule has 0 bridgehead atoms. The van der Waals surface area contributed by atoms with E-state index in [9.17, 15) is 0 Å². The first kappa shape index (κ1) is 10.5. The molecule has 0 aromatic heterocycles. The van der Waals surface area contributed by atoms with E-state index in [4.69, 9.17) is 5.73 Å². The van der Waals surface area contributed by atoms with Gasteiger partial charge in [0.05, 0.1) is 6.04 Å². The van der Waals surface area contributed by atoms with Gasteiger partial charge in [0.15, 0.2) is 0 Å². The van der Waals surface area contributed by atoms with Crippen molar-refractivity contribution in [2.75, 3.05) is 0 Å². The molecule has 1 aromatic rings. The Morgan fingerprint density at radius 1 is 1.54 bits per heavy atom. The standard InChI is InChI=1S/C11H14BrN/c1-7(2)11(13)9-5-4-8(3)6-10(9)12/h4-6,11H,1,13H2,2-3H3. The van der Waals surface area contributed by atoms with Crippen molar-refractivity contribution in [1.82, 2.24) is 0 Å². The van der Waals surface area contributed by atoms with Gasteiger partial charge < -0.3 is 5.73 Å². The van der Waals surface area contributed by atoms with Gasteiger partial charge in [-0.15, -0.1) is 0 Å². The molecule has 1 nitrogen and oxygen atoms in total. The highest BCUT2D eigenvalue weighted by Gasteiger charge is 2.09. The van der Waals surface area contributed by atoms with E-state index in [1.165, 1.54) is 5.56 Å². The van der Waals surface area contributed by atoms with Gasteiger partial charge in [-0.1, -0.05) is 40.2 Å². The van der Waals surface area contributed by atoms with Gasteiger partial charge in [0, 0.05) is 4.47 Å². The number of benzene rings is 1. The Morgan fingerprint density at radius 3 is 2.62 bits per heavy atom. The molecule has 2 heteroatoms. The topological polar surface area (TPSA) is 26.0 Å². The molecule has 1 atom stereocenters. The van der Waals surface area contributed by atoms with Crippen molar-refractivity contribution in [3.05, 3.63) is 46.0 Å². The van der Waals surface area contributed by atoms with E-state index in [0.717, 1.165) is 15.6 Å². The Labute approximate surface area is 87.8 Å². The lowest BCUT2D eigenvalue weighted by atomic mass is 10.0. The molecule has 13 heavy (non-hydrogen) atoms. The average molecular weight is 240 g/mol. The molecule has 0 aliphatic carbocycles. The van der Waals surface area contributed by atoms with E-state index < -0.39 is 0 Å². The van der Waals surface area contributed by atoms with Gasteiger partial charge in [-0.05, 0) is 31.0 Å². The van der Waals surface area contributed by atoms with Crippen molar-refractivity contribution in [3.8, 4) is 0 Å². The number of hydrogen-bond donors (Lipinski definition) is 1. The third kappa shape index (κ3) is 2.42. The summed E-state index contributed by atoms with van der Waals surface area (Å²) in [6.07, 6.45) is 0. The van der Waals surface area contributed by atoms with Crippen molar-refractivity contribution in [2.24, 2.45) is 5.73 Å². The minimum atomic E-state index is -0.0741. The van der Waals surface area contributed by atoms with Crippen LogP contribution in [-0.4, -0.2) is 0 Å². The molecule has 1 rings (SSSR count). The summed E-state index contributed by atoms with van der Waals surface area (Å²) in [4.78, 5) is 0. The zero-order valence-electron chi connectivity index (χ0n) is 7.97. The van der Waals surface area contributed by atoms with Gasteiger partial charge in [-0.25, -0.2) is 0 Å². The molecule has 2 N–H and O–H groups in total. The molecule has 0 saturated carbocycles. The highest BCUT2D eigenvalue weighted by Crippen LogP contribution is 2.26. The van der Waals surface area contributed by atoms with Crippen LogP contribution in [0.2, 0.25) is 0 Å². The second-order valence-electron chi connectivity index (χ2n) is 3.35. The second-order valence-corrected chi connectivity index (χ2v) is 4.20. The highest BCUT2D eigenvalue weighted by atomic mass is 79.9. The summed E-state index contributed by atoms with van der Waals surface area (Å²) < 4.78 is 1.06. The van der Waals surface area contributed by atoms with Gasteiger partial charge in [0.1, 0.15) is 0 Å². The maximum atomic E-state index is 5.96. The smallest absolute Gasteiger partial charge is 0.0516 e. The van der Waals surface area contributed by atoms with Crippen molar-refractivity contribution >= 4 is 15.9 Å². The van der Waals surface area contributed by atoms with Crippen LogP contribution in [0.25, 0.3) is 0 Å². The first-order valence-electron chi connectivity index (χ1n) is 4.19. The third-order valence-corrected chi connectivity index (χ3v) is 2.71. The van der Waals surface area contributed by atoms with Crippen molar-refractivity contribution in [1.29, 1.82) is 0 Å². The molecule has 1 aromatic carbocycles. The van der Waals surface area contributed by atoms with Crippen molar-refractivity contribution in [2.45, 2.75) is 19.9 Å². The maximum Gasteiger partial charge on any atom is 0.0516 e. The van der Waals surface area contributed by atoms with Crippen LogP contribution in [0.1, 0.15) is 24.1 Å². The summed E-state index contributed by atoms with van der Waals surface area (Å²) in [5.74, 6) is 0. The van der Waals surface area contributed by atoms with E-state index in [1.54, 1.807) is 0 Å². The van der Waals surface area contributed by atoms with Gasteiger partial charge in [-0.3, -0.25) is 0 Å². The zero-order chi connectivity index (χ0) is 10.0. The summed E-state index contributed by atoms with van der Waals surface area (Å²) in [6, 6.07) is 6.09. The summed E-state index contributed by atoms with van der Waals surface area (Å²) in [6.45, 7) is 7.85. The molecule has 0 aliphatic rings. The van der Waals surface area contributed by atoms with Crippen LogP contribution in [-0.2, 0) is 0 Å². The molecule has 0 heterocycles. The fourth-order valence-corrected chi connectivity index (χ4v) is 1.89. The van der Waals surface area contributed by atoms with Crippen molar-refractivity contribution < 1.29 is 0 Å². The molecular weight excluding hydrogens is 226 g/mol. The number of hydrogen-bond acceptors (Lipinski definition) is 1. The predicted octanol–water partition coefficient (Wildman–Crippen LogP) is 3.33. The first-order valence-corrected chi connectivity index (χ1v) is 4.98. The summed E-state index contributed by atoms with van der Waals surface area (Å²) >= 11 is 3.49. The van der Waals surface area contributed by atoms with Crippen LogP contribution >= 0.6 is 15.9 Å². The molecule has 0 fully saturated rings. The lowest BCUT2D eigenvalue weighted by Gasteiger charge is -2.13. The van der Waals surface area contributed by atoms with E-state index in [-0.39, 0.29) is 6.04 Å². The fourth-order valence-electron chi connectivity index (χ4n) is 1.15. The van der Waals surface area contributed by atoms with Crippen LogP contribution in [0, 0.1) is 6.92 Å². The Bertz CT molecular complexity index is 331. The van der Waals surface area contributed by atoms with Gasteiger partial charge in [0.25, 0.3) is 0 Å².